The number of aromatic nitrogens is 1. The first-order valence-electron chi connectivity index (χ1n) is 16.1. The van der Waals surface area contributed by atoms with Crippen LogP contribution in [0.4, 0.5) is 45.2 Å². The van der Waals surface area contributed by atoms with Crippen LogP contribution in [0.1, 0.15) is 57.1 Å². The first kappa shape index (κ1) is 43.5. The first-order chi connectivity index (χ1) is 24.4. The second-order valence-corrected chi connectivity index (χ2v) is 13.8. The van der Waals surface area contributed by atoms with E-state index in [0.717, 1.165) is 60.4 Å². The van der Waals surface area contributed by atoms with E-state index in [-0.39, 0.29) is 11.3 Å². The highest BCUT2D eigenvalue weighted by Crippen LogP contribution is 2.61. The summed E-state index contributed by atoms with van der Waals surface area (Å²) < 4.78 is 95.2. The maximum absolute atomic E-state index is 13.2. The van der Waals surface area contributed by atoms with Crippen LogP contribution in [-0.2, 0) is 25.7 Å². The number of pyridine rings is 1. The predicted molar refractivity (Wildman–Crippen MR) is 170 cm³/mol. The lowest BCUT2D eigenvalue weighted by Gasteiger charge is -2.56. The minimum atomic E-state index is -5.08. The monoisotopic (exact) mass is 794 g/mol. The molecule has 0 spiro atoms. The molecule has 1 saturated heterocycles. The Labute approximate surface area is 300 Å². The third-order valence-corrected chi connectivity index (χ3v) is 9.52. The van der Waals surface area contributed by atoms with E-state index in [1.807, 2.05) is 18.2 Å². The normalized spacial score (nSPS) is 24.5. The van der Waals surface area contributed by atoms with Crippen molar-refractivity contribution in [3.05, 3.63) is 35.0 Å². The number of anilines is 1. The summed E-state index contributed by atoms with van der Waals surface area (Å²) in [6.45, 7) is 2.84. The quantitative estimate of drug-likeness (QED) is 0.171. The van der Waals surface area contributed by atoms with E-state index in [4.69, 9.17) is 46.3 Å². The van der Waals surface area contributed by atoms with Crippen molar-refractivity contribution in [1.29, 1.82) is 0 Å². The summed E-state index contributed by atoms with van der Waals surface area (Å²) in [4.78, 5) is 44.7. The van der Waals surface area contributed by atoms with Crippen LogP contribution in [-0.4, -0.2) is 81.8 Å². The van der Waals surface area contributed by atoms with Crippen LogP contribution >= 0.6 is 11.6 Å². The van der Waals surface area contributed by atoms with E-state index < -0.39 is 36.4 Å². The van der Waals surface area contributed by atoms with Gasteiger partial charge in [-0.1, -0.05) is 11.6 Å². The lowest BCUT2D eigenvalue weighted by atomic mass is 9.49. The molecule has 7 rings (SSSR count). The summed E-state index contributed by atoms with van der Waals surface area (Å²) >= 11 is 6.55. The van der Waals surface area contributed by atoms with Gasteiger partial charge in [0.25, 0.3) is 0 Å². The number of benzene rings is 1. The average molecular weight is 795 g/mol. The first-order valence-corrected chi connectivity index (χ1v) is 16.5. The molecule has 1 aromatic carbocycles. The summed E-state index contributed by atoms with van der Waals surface area (Å²) in [7, 11) is 0. The Balaban J connectivity index is 0.000000296. The number of halogens is 10. The van der Waals surface area contributed by atoms with Crippen molar-refractivity contribution < 1.29 is 74.0 Å². The SMILES string of the molecule is O=C(CC12CC3CC(CC(C3)C1)C2)Nc1c(Cl)ccc2nc(CN[C@@H]3CCNC3)ccc12.O=C(O)C(F)(F)F.O=C(O)C(F)(F)F.O=C(O)C(F)(F)F. The molecule has 4 aliphatic carbocycles. The van der Waals surface area contributed by atoms with Crippen LogP contribution in [0.3, 0.4) is 0 Å². The molecule has 4 bridgehead atoms. The Hall–Kier alpha value is -3.91. The Morgan fingerprint density at radius 1 is 0.792 bits per heavy atom. The average Bonchev–Trinajstić information content (AvgIpc) is 3.54. The number of alkyl halides is 9. The molecule has 53 heavy (non-hydrogen) atoms. The summed E-state index contributed by atoms with van der Waals surface area (Å²) in [6.07, 6.45) is -5.54. The molecule has 296 valence electrons. The van der Waals surface area contributed by atoms with Gasteiger partial charge in [-0.25, -0.2) is 14.4 Å². The van der Waals surface area contributed by atoms with Crippen molar-refractivity contribution in [2.24, 2.45) is 23.2 Å². The molecule has 0 radical (unpaired) electrons. The highest BCUT2D eigenvalue weighted by Gasteiger charge is 2.51. The zero-order valence-electron chi connectivity index (χ0n) is 27.6. The second kappa shape index (κ2) is 17.5. The van der Waals surface area contributed by atoms with Crippen molar-refractivity contribution in [2.45, 2.75) is 82.5 Å². The standard InChI is InChI=1S/C26H33ClN4O.3C2HF3O2/c27-22-3-4-23-21(2-1-20(30-23)15-29-19-5-6-28-14-19)25(22)31-24(32)13-26-10-16-7-17(11-26)9-18(8-16)12-26;3*3-2(4,5)1(6)7/h1-4,16-19,28-29H,5-15H2,(H,31,32);3*(H,6,7)/t16?,17?,18?,19-,26?;;;/m1.../s1. The Kier molecular flexibility index (Phi) is 14.4. The number of nitrogens with zero attached hydrogens (tertiary/aromatic N) is 1. The number of fused-ring (bicyclic) bond motifs is 1. The van der Waals surface area contributed by atoms with Gasteiger partial charge in [0, 0.05) is 30.9 Å². The lowest BCUT2D eigenvalue weighted by Crippen LogP contribution is -2.47. The number of hydrogen-bond donors (Lipinski definition) is 6. The highest BCUT2D eigenvalue weighted by atomic mass is 35.5. The largest absolute Gasteiger partial charge is 0.490 e. The van der Waals surface area contributed by atoms with Crippen molar-refractivity contribution in [3.8, 4) is 0 Å². The maximum Gasteiger partial charge on any atom is 0.490 e. The van der Waals surface area contributed by atoms with E-state index in [9.17, 15) is 44.3 Å². The molecule has 21 heteroatoms. The van der Waals surface area contributed by atoms with Crippen LogP contribution in [0.5, 0.6) is 0 Å². The van der Waals surface area contributed by atoms with Crippen molar-refractivity contribution in [2.75, 3.05) is 18.4 Å². The van der Waals surface area contributed by atoms with E-state index >= 15 is 0 Å². The van der Waals surface area contributed by atoms with E-state index in [1.54, 1.807) is 0 Å². The van der Waals surface area contributed by atoms with E-state index in [1.165, 1.54) is 38.5 Å². The fraction of sp³-hybridized carbons (Fsp3) is 0.594. The number of hydrogen-bond acceptors (Lipinski definition) is 7. The van der Waals surface area contributed by atoms with Crippen LogP contribution in [0, 0.1) is 23.2 Å². The molecule has 1 atom stereocenters. The van der Waals surface area contributed by atoms with Gasteiger partial charge in [-0.15, -0.1) is 0 Å². The van der Waals surface area contributed by atoms with E-state index in [2.05, 4.69) is 22.0 Å². The lowest BCUT2D eigenvalue weighted by molar-refractivity contribution is -0.193. The van der Waals surface area contributed by atoms with Gasteiger partial charge in [0.1, 0.15) is 0 Å². The number of carboxylic acids is 3. The Morgan fingerprint density at radius 3 is 1.68 bits per heavy atom. The third kappa shape index (κ3) is 13.2. The maximum atomic E-state index is 13.2. The van der Waals surface area contributed by atoms with Gasteiger partial charge in [-0.2, -0.15) is 39.5 Å². The van der Waals surface area contributed by atoms with Crippen LogP contribution in [0.15, 0.2) is 24.3 Å². The predicted octanol–water partition coefficient (Wildman–Crippen LogP) is 6.78. The molecule has 5 fully saturated rings. The van der Waals surface area contributed by atoms with Gasteiger partial charge in [-0.3, -0.25) is 9.78 Å². The van der Waals surface area contributed by atoms with Crippen molar-refractivity contribution >= 4 is 52.0 Å². The second-order valence-electron chi connectivity index (χ2n) is 13.4. The molecular weight excluding hydrogens is 759 g/mol. The Morgan fingerprint density at radius 2 is 1.26 bits per heavy atom. The van der Waals surface area contributed by atoms with E-state index in [0.29, 0.717) is 23.2 Å². The van der Waals surface area contributed by atoms with Gasteiger partial charge >= 0.3 is 36.4 Å². The summed E-state index contributed by atoms with van der Waals surface area (Å²) in [5.74, 6) is -5.60. The van der Waals surface area contributed by atoms with Gasteiger partial charge in [0.15, 0.2) is 0 Å². The summed E-state index contributed by atoms with van der Waals surface area (Å²) in [5.41, 5.74) is 2.83. The van der Waals surface area contributed by atoms with Crippen LogP contribution < -0.4 is 16.0 Å². The summed E-state index contributed by atoms with van der Waals surface area (Å²) in [5, 5.41) is 33.0. The topological polar surface area (TPSA) is 178 Å². The van der Waals surface area contributed by atoms with Gasteiger partial charge in [-0.05, 0) is 98.9 Å². The number of rotatable bonds is 6. The molecule has 0 unspecified atom stereocenters. The summed E-state index contributed by atoms with van der Waals surface area (Å²) in [6, 6.07) is 8.42. The molecule has 2 heterocycles. The molecular formula is C32H36ClF9N4O7. The van der Waals surface area contributed by atoms with Crippen molar-refractivity contribution in [3.63, 3.8) is 0 Å². The molecule has 2 aromatic rings. The minimum absolute atomic E-state index is 0.112. The molecule has 1 aliphatic heterocycles. The number of nitrogens with one attached hydrogen (secondary N) is 3. The zero-order chi connectivity index (χ0) is 39.9. The van der Waals surface area contributed by atoms with Crippen LogP contribution in [0.25, 0.3) is 10.9 Å². The fourth-order valence-corrected chi connectivity index (χ4v) is 7.77. The molecule has 5 aliphatic rings. The molecule has 6 N–H and O–H groups in total. The smallest absolute Gasteiger partial charge is 0.475 e. The van der Waals surface area contributed by atoms with Gasteiger partial charge in [0.2, 0.25) is 5.91 Å². The number of carboxylic acid groups (broad SMARTS) is 3. The molecule has 1 amide bonds. The third-order valence-electron chi connectivity index (χ3n) is 9.20. The zero-order valence-corrected chi connectivity index (χ0v) is 28.4. The number of carbonyl (C=O) groups excluding carboxylic acids is 1. The highest BCUT2D eigenvalue weighted by molar-refractivity contribution is 6.35. The number of amides is 1. The number of carbonyl (C=O) groups is 4. The van der Waals surface area contributed by atoms with Gasteiger partial charge < -0.3 is 31.3 Å². The molecule has 1 aromatic heterocycles. The minimum Gasteiger partial charge on any atom is -0.475 e. The number of aliphatic carboxylic acids is 3. The fourth-order valence-electron chi connectivity index (χ4n) is 7.55. The molecule has 4 saturated carbocycles. The molecule has 11 nitrogen and oxygen atoms in total. The van der Waals surface area contributed by atoms with Crippen molar-refractivity contribution in [1.82, 2.24) is 15.6 Å². The van der Waals surface area contributed by atoms with Crippen LogP contribution in [0.2, 0.25) is 5.02 Å². The van der Waals surface area contributed by atoms with Gasteiger partial charge in [0.05, 0.1) is 21.9 Å². The Bertz CT molecular complexity index is 1540.